The van der Waals surface area contributed by atoms with Crippen LogP contribution in [0.5, 0.6) is 5.75 Å². The Morgan fingerprint density at radius 3 is 2.51 bits per heavy atom. The molecule has 0 aromatic heterocycles. The van der Waals surface area contributed by atoms with E-state index in [2.05, 4.69) is 4.90 Å². The van der Waals surface area contributed by atoms with E-state index >= 15 is 0 Å². The highest BCUT2D eigenvalue weighted by molar-refractivity contribution is 6.43. The predicted octanol–water partition coefficient (Wildman–Crippen LogP) is 2.30. The highest BCUT2D eigenvalue weighted by Crippen LogP contribution is 2.48. The molecule has 10 heteroatoms. The van der Waals surface area contributed by atoms with Gasteiger partial charge < -0.3 is 14.7 Å². The highest BCUT2D eigenvalue weighted by Gasteiger charge is 2.55. The summed E-state index contributed by atoms with van der Waals surface area (Å²) >= 11 is 0. The fraction of sp³-hybridized carbons (Fsp3) is 0.407. The Balaban J connectivity index is 1.40. The summed E-state index contributed by atoms with van der Waals surface area (Å²) < 4.78 is 20.3. The fourth-order valence-corrected chi connectivity index (χ4v) is 5.80. The Labute approximate surface area is 214 Å². The minimum Gasteiger partial charge on any atom is -0.489 e. The zero-order valence-electron chi connectivity index (χ0n) is 20.6. The normalized spacial score (nSPS) is 23.1. The maximum atomic E-state index is 14.2. The van der Waals surface area contributed by atoms with Crippen LogP contribution in [0.1, 0.15) is 25.3 Å². The molecule has 2 aromatic carbocycles. The van der Waals surface area contributed by atoms with Crippen molar-refractivity contribution in [1.82, 2.24) is 9.80 Å². The number of fused-ring (bicyclic) bond motifs is 3. The summed E-state index contributed by atoms with van der Waals surface area (Å²) in [5.41, 5.74) is 1.14. The summed E-state index contributed by atoms with van der Waals surface area (Å²) in [6.07, 6.45) is 1.34. The molecule has 37 heavy (non-hydrogen) atoms. The van der Waals surface area contributed by atoms with Gasteiger partial charge in [0.25, 0.3) is 0 Å². The minimum atomic E-state index is -1.43. The van der Waals surface area contributed by atoms with Crippen LogP contribution in [0.25, 0.3) is 0 Å². The number of Topliss-reactive ketones (excluding diaryl/α,β-unsaturated/α-hetero) is 1. The molecule has 9 nitrogen and oxygen atoms in total. The van der Waals surface area contributed by atoms with Crippen LogP contribution in [-0.4, -0.2) is 83.7 Å². The molecule has 1 amide bonds. The van der Waals surface area contributed by atoms with Gasteiger partial charge in [-0.2, -0.15) is 5.10 Å². The van der Waals surface area contributed by atoms with Crippen LogP contribution < -0.4 is 9.75 Å². The van der Waals surface area contributed by atoms with Crippen molar-refractivity contribution < 1.29 is 28.6 Å². The lowest BCUT2D eigenvalue weighted by Crippen LogP contribution is -2.54. The van der Waals surface area contributed by atoms with Crippen LogP contribution in [0.15, 0.2) is 53.6 Å². The topological polar surface area (TPSA) is 103 Å². The summed E-state index contributed by atoms with van der Waals surface area (Å²) in [4.78, 5) is 39.3. The lowest BCUT2D eigenvalue weighted by molar-refractivity contribution is -0.156. The maximum Gasteiger partial charge on any atom is 0.394 e. The van der Waals surface area contributed by atoms with Gasteiger partial charge in [0.2, 0.25) is 0 Å². The first-order chi connectivity index (χ1) is 17.8. The Bertz CT molecular complexity index is 1240. The average Bonchev–Trinajstić information content (AvgIpc) is 3.25. The quantitative estimate of drug-likeness (QED) is 0.598. The third-order valence-corrected chi connectivity index (χ3v) is 7.57. The van der Waals surface area contributed by atoms with Crippen LogP contribution in [0.4, 0.5) is 10.1 Å². The standard InChI is InChI=1S/C27H29FN4O5/c1-18(33)24-27(19-6-3-2-4-7-19,10-5-11-30-12-14-31(15-13-30)25(34)26(35)36)23-17-37-22-9-8-20(28)16-21(22)32(23)29-24/h2-4,6-9,16,23H,5,10-15,17H2,1H3,(H,35,36)/t23?,27-/m0/s1. The molecule has 2 atom stereocenters. The number of anilines is 1. The number of hydrazone groups is 1. The van der Waals surface area contributed by atoms with E-state index in [4.69, 9.17) is 14.9 Å². The molecule has 3 aliphatic heterocycles. The summed E-state index contributed by atoms with van der Waals surface area (Å²) in [5, 5.41) is 15.5. The van der Waals surface area contributed by atoms with Crippen molar-refractivity contribution in [3.63, 3.8) is 0 Å². The minimum absolute atomic E-state index is 0.142. The van der Waals surface area contributed by atoms with Crippen molar-refractivity contribution >= 4 is 29.1 Å². The number of benzene rings is 2. The van der Waals surface area contributed by atoms with Gasteiger partial charge in [-0.3, -0.25) is 19.5 Å². The molecule has 3 aliphatic rings. The Hall–Kier alpha value is -3.79. The molecular weight excluding hydrogens is 479 g/mol. The number of carboxylic acid groups (broad SMARTS) is 1. The molecule has 1 N–H and O–H groups in total. The van der Waals surface area contributed by atoms with Gasteiger partial charge in [-0.05, 0) is 37.1 Å². The van der Waals surface area contributed by atoms with Crippen molar-refractivity contribution in [1.29, 1.82) is 0 Å². The number of carboxylic acids is 1. The molecule has 0 saturated carbocycles. The van der Waals surface area contributed by atoms with Gasteiger partial charge in [0.1, 0.15) is 35.6 Å². The number of hydrogen-bond acceptors (Lipinski definition) is 7. The monoisotopic (exact) mass is 508 g/mol. The van der Waals surface area contributed by atoms with Gasteiger partial charge in [-0.15, -0.1) is 0 Å². The Kier molecular flexibility index (Phi) is 6.68. The van der Waals surface area contributed by atoms with Crippen molar-refractivity contribution in [2.75, 3.05) is 44.3 Å². The van der Waals surface area contributed by atoms with Crippen molar-refractivity contribution in [2.24, 2.45) is 5.10 Å². The Morgan fingerprint density at radius 2 is 1.84 bits per heavy atom. The number of nitrogens with zero attached hydrogens (tertiary/aromatic N) is 4. The zero-order valence-corrected chi connectivity index (χ0v) is 20.6. The second kappa shape index (κ2) is 9.93. The predicted molar refractivity (Wildman–Crippen MR) is 134 cm³/mol. The van der Waals surface area contributed by atoms with E-state index in [1.807, 2.05) is 30.3 Å². The molecule has 5 rings (SSSR count). The van der Waals surface area contributed by atoms with Crippen LogP contribution in [0.2, 0.25) is 0 Å². The molecule has 0 radical (unpaired) electrons. The van der Waals surface area contributed by atoms with Crippen LogP contribution in [-0.2, 0) is 19.8 Å². The first-order valence-corrected chi connectivity index (χ1v) is 12.4. The summed E-state index contributed by atoms with van der Waals surface area (Å²) in [6.45, 7) is 4.41. The van der Waals surface area contributed by atoms with Crippen molar-refractivity contribution in [2.45, 2.75) is 31.2 Å². The van der Waals surface area contributed by atoms with Crippen molar-refractivity contribution in [3.8, 4) is 5.75 Å². The van der Waals surface area contributed by atoms with Gasteiger partial charge in [0.15, 0.2) is 5.78 Å². The lowest BCUT2D eigenvalue weighted by atomic mass is 9.67. The van der Waals surface area contributed by atoms with E-state index in [1.54, 1.807) is 11.1 Å². The Morgan fingerprint density at radius 1 is 1.11 bits per heavy atom. The number of aliphatic carboxylic acids is 1. The molecule has 3 heterocycles. The molecule has 0 aliphatic carbocycles. The van der Waals surface area contributed by atoms with Gasteiger partial charge in [-0.1, -0.05) is 30.3 Å². The molecular formula is C27H29FN4O5. The largest absolute Gasteiger partial charge is 0.489 e. The first-order valence-electron chi connectivity index (χ1n) is 12.4. The van der Waals surface area contributed by atoms with Crippen LogP contribution in [0.3, 0.4) is 0 Å². The maximum absolute atomic E-state index is 14.2. The summed E-state index contributed by atoms with van der Waals surface area (Å²) in [7, 11) is 0. The number of carbonyl (C=O) groups is 3. The molecule has 0 spiro atoms. The van der Waals surface area contributed by atoms with Gasteiger partial charge in [0, 0.05) is 39.2 Å². The van der Waals surface area contributed by atoms with E-state index < -0.39 is 23.1 Å². The molecule has 1 fully saturated rings. The molecule has 1 saturated heterocycles. The first kappa shape index (κ1) is 24.9. The summed E-state index contributed by atoms with van der Waals surface area (Å²) in [6, 6.07) is 13.8. The highest BCUT2D eigenvalue weighted by atomic mass is 19.1. The second-order valence-corrected chi connectivity index (χ2v) is 9.67. The molecule has 1 unspecified atom stereocenters. The zero-order chi connectivity index (χ0) is 26.2. The number of ether oxygens (including phenoxy) is 1. The third kappa shape index (κ3) is 4.46. The molecule has 2 aromatic rings. The van der Waals surface area contributed by atoms with Gasteiger partial charge in [-0.25, -0.2) is 9.18 Å². The van der Waals surface area contributed by atoms with Gasteiger partial charge >= 0.3 is 11.9 Å². The SMILES string of the molecule is CC(=O)C1=NN2c3cc(F)ccc3OCC2[C@]1(CCCN1CCN(C(=O)C(=O)O)CC1)c1ccccc1. The van der Waals surface area contributed by atoms with Crippen molar-refractivity contribution in [3.05, 3.63) is 59.9 Å². The van der Waals surface area contributed by atoms with Gasteiger partial charge in [0.05, 0.1) is 5.41 Å². The number of amides is 1. The van der Waals surface area contributed by atoms with E-state index in [0.29, 0.717) is 62.9 Å². The second-order valence-electron chi connectivity index (χ2n) is 9.67. The smallest absolute Gasteiger partial charge is 0.394 e. The third-order valence-electron chi connectivity index (χ3n) is 7.57. The van der Waals surface area contributed by atoms with E-state index in [0.717, 1.165) is 12.0 Å². The lowest BCUT2D eigenvalue weighted by Gasteiger charge is -2.42. The number of rotatable bonds is 6. The van der Waals surface area contributed by atoms with Crippen LogP contribution in [0, 0.1) is 5.82 Å². The number of hydrogen-bond donors (Lipinski definition) is 1. The average molecular weight is 509 g/mol. The number of carbonyl (C=O) groups excluding carboxylic acids is 2. The fourth-order valence-electron chi connectivity index (χ4n) is 5.80. The number of piperazine rings is 1. The number of halogens is 1. The van der Waals surface area contributed by atoms with E-state index in [1.165, 1.54) is 24.0 Å². The molecule has 194 valence electrons. The van der Waals surface area contributed by atoms with E-state index in [9.17, 15) is 18.8 Å². The van der Waals surface area contributed by atoms with E-state index in [-0.39, 0.29) is 11.8 Å². The summed E-state index contributed by atoms with van der Waals surface area (Å²) in [5.74, 6) is -2.32. The number of ketones is 1. The van der Waals surface area contributed by atoms with Crippen LogP contribution >= 0.6 is 0 Å². The molecule has 0 bridgehead atoms.